The lowest BCUT2D eigenvalue weighted by Gasteiger charge is -2.61. The van der Waals surface area contributed by atoms with E-state index in [1.165, 1.54) is 37.7 Å². The Kier molecular flexibility index (Phi) is 2.29. The summed E-state index contributed by atoms with van der Waals surface area (Å²) < 4.78 is 0. The van der Waals surface area contributed by atoms with Crippen molar-refractivity contribution in [3.05, 3.63) is 35.9 Å². The molecule has 4 bridgehead atoms. The van der Waals surface area contributed by atoms with E-state index in [1.807, 2.05) is 6.92 Å². The monoisotopic (exact) mass is 254 g/mol. The SMILES string of the molecule is CC(=O)C12CC3CC(C1)CC(c1ccccc1)(C3)C2. The number of carbonyl (C=O) groups is 1. The molecule has 0 amide bonds. The molecule has 0 saturated heterocycles. The average Bonchev–Trinajstić information content (AvgIpc) is 2.38. The summed E-state index contributed by atoms with van der Waals surface area (Å²) in [6, 6.07) is 11.0. The van der Waals surface area contributed by atoms with Crippen LogP contribution in [0, 0.1) is 17.3 Å². The minimum atomic E-state index is 0.0277. The van der Waals surface area contributed by atoms with Crippen LogP contribution in [-0.2, 0) is 10.2 Å². The first-order valence-electron chi connectivity index (χ1n) is 7.69. The molecule has 19 heavy (non-hydrogen) atoms. The van der Waals surface area contributed by atoms with Crippen LogP contribution in [0.25, 0.3) is 0 Å². The van der Waals surface area contributed by atoms with Crippen molar-refractivity contribution in [2.24, 2.45) is 17.3 Å². The van der Waals surface area contributed by atoms with Crippen molar-refractivity contribution >= 4 is 5.78 Å². The Balaban J connectivity index is 1.80. The van der Waals surface area contributed by atoms with Crippen molar-refractivity contribution in [1.82, 2.24) is 0 Å². The van der Waals surface area contributed by atoms with E-state index < -0.39 is 0 Å². The van der Waals surface area contributed by atoms with Crippen LogP contribution in [0.1, 0.15) is 51.0 Å². The molecular weight excluding hydrogens is 232 g/mol. The van der Waals surface area contributed by atoms with Gasteiger partial charge in [-0.1, -0.05) is 30.3 Å². The van der Waals surface area contributed by atoms with Gasteiger partial charge in [-0.2, -0.15) is 0 Å². The highest BCUT2D eigenvalue weighted by Crippen LogP contribution is 2.65. The minimum absolute atomic E-state index is 0.0277. The van der Waals surface area contributed by atoms with Gasteiger partial charge >= 0.3 is 0 Å². The molecule has 0 aliphatic heterocycles. The Morgan fingerprint density at radius 2 is 1.68 bits per heavy atom. The van der Waals surface area contributed by atoms with Gasteiger partial charge in [-0.15, -0.1) is 0 Å². The number of carbonyl (C=O) groups excluding carboxylic acids is 1. The van der Waals surface area contributed by atoms with E-state index in [0.717, 1.165) is 18.3 Å². The van der Waals surface area contributed by atoms with Gasteiger partial charge in [0.2, 0.25) is 0 Å². The Morgan fingerprint density at radius 3 is 2.26 bits per heavy atom. The quantitative estimate of drug-likeness (QED) is 0.776. The van der Waals surface area contributed by atoms with Gasteiger partial charge in [0.1, 0.15) is 5.78 Å². The lowest BCUT2D eigenvalue weighted by Crippen LogP contribution is -2.56. The molecule has 2 atom stereocenters. The summed E-state index contributed by atoms with van der Waals surface area (Å²) >= 11 is 0. The van der Waals surface area contributed by atoms with E-state index >= 15 is 0 Å². The summed E-state index contributed by atoms with van der Waals surface area (Å²) in [4.78, 5) is 12.3. The molecule has 1 aromatic rings. The fraction of sp³-hybridized carbons (Fsp3) is 0.611. The Labute approximate surface area is 115 Å². The Hall–Kier alpha value is -1.11. The molecule has 5 rings (SSSR count). The Bertz CT molecular complexity index is 502. The summed E-state index contributed by atoms with van der Waals surface area (Å²) in [6.45, 7) is 1.84. The molecule has 4 saturated carbocycles. The molecule has 100 valence electrons. The predicted molar refractivity (Wildman–Crippen MR) is 75.9 cm³/mol. The highest BCUT2D eigenvalue weighted by molar-refractivity contribution is 5.83. The van der Waals surface area contributed by atoms with Crippen molar-refractivity contribution in [1.29, 1.82) is 0 Å². The van der Waals surface area contributed by atoms with Crippen LogP contribution >= 0.6 is 0 Å². The smallest absolute Gasteiger partial charge is 0.136 e. The van der Waals surface area contributed by atoms with Crippen molar-refractivity contribution in [3.63, 3.8) is 0 Å². The third kappa shape index (κ3) is 1.57. The number of hydrogen-bond donors (Lipinski definition) is 0. The molecule has 1 aromatic carbocycles. The number of rotatable bonds is 2. The highest BCUT2D eigenvalue weighted by Gasteiger charge is 2.59. The molecule has 0 N–H and O–H groups in total. The van der Waals surface area contributed by atoms with Crippen LogP contribution in [0.3, 0.4) is 0 Å². The van der Waals surface area contributed by atoms with Crippen molar-refractivity contribution < 1.29 is 4.79 Å². The second-order valence-corrected chi connectivity index (χ2v) is 7.44. The maximum atomic E-state index is 12.3. The average molecular weight is 254 g/mol. The van der Waals surface area contributed by atoms with Crippen LogP contribution < -0.4 is 0 Å². The summed E-state index contributed by atoms with van der Waals surface area (Å²) in [5, 5.41) is 0. The van der Waals surface area contributed by atoms with Crippen LogP contribution in [0.15, 0.2) is 30.3 Å². The maximum absolute atomic E-state index is 12.3. The zero-order valence-electron chi connectivity index (χ0n) is 11.7. The summed E-state index contributed by atoms with van der Waals surface area (Å²) in [6.07, 6.45) is 7.49. The third-order valence-corrected chi connectivity index (χ3v) is 6.19. The molecule has 0 spiro atoms. The standard InChI is InChI=1S/C18H22O/c1-13(19)17-8-14-7-15(9-17)11-18(10-14,12-17)16-5-3-2-4-6-16/h2-6,14-15H,7-12H2,1H3. The zero-order chi connectivity index (χ0) is 13.1. The molecule has 0 radical (unpaired) electrons. The molecular formula is C18H22O. The summed E-state index contributed by atoms with van der Waals surface area (Å²) in [5.74, 6) is 2.05. The van der Waals surface area contributed by atoms with E-state index in [2.05, 4.69) is 30.3 Å². The first-order chi connectivity index (χ1) is 9.12. The van der Waals surface area contributed by atoms with Gasteiger partial charge in [0.25, 0.3) is 0 Å². The molecule has 4 aliphatic carbocycles. The highest BCUT2D eigenvalue weighted by atomic mass is 16.1. The molecule has 0 aromatic heterocycles. The molecule has 4 aliphatic rings. The van der Waals surface area contributed by atoms with Crippen molar-refractivity contribution in [3.8, 4) is 0 Å². The normalized spacial score (nSPS) is 43.4. The largest absolute Gasteiger partial charge is 0.299 e. The van der Waals surface area contributed by atoms with E-state index in [-0.39, 0.29) is 5.41 Å². The minimum Gasteiger partial charge on any atom is -0.299 e. The zero-order valence-corrected chi connectivity index (χ0v) is 11.7. The predicted octanol–water partition coefficient (Wildman–Crippen LogP) is 4.11. The first kappa shape index (κ1) is 11.7. The number of benzene rings is 1. The maximum Gasteiger partial charge on any atom is 0.136 e. The molecule has 4 fully saturated rings. The van der Waals surface area contributed by atoms with E-state index in [1.54, 1.807) is 0 Å². The molecule has 2 unspecified atom stereocenters. The first-order valence-corrected chi connectivity index (χ1v) is 7.69. The summed E-state index contributed by atoms with van der Waals surface area (Å²) in [5.41, 5.74) is 1.84. The fourth-order valence-electron chi connectivity index (χ4n) is 5.80. The van der Waals surface area contributed by atoms with Gasteiger partial charge < -0.3 is 0 Å². The van der Waals surface area contributed by atoms with Crippen molar-refractivity contribution in [2.75, 3.05) is 0 Å². The van der Waals surface area contributed by atoms with E-state index in [4.69, 9.17) is 0 Å². The van der Waals surface area contributed by atoms with Crippen LogP contribution in [0.5, 0.6) is 0 Å². The lowest BCUT2D eigenvalue weighted by atomic mass is 9.42. The second-order valence-electron chi connectivity index (χ2n) is 7.44. The second kappa shape index (κ2) is 3.71. The van der Waals surface area contributed by atoms with Gasteiger partial charge in [-0.25, -0.2) is 0 Å². The molecule has 0 heterocycles. The number of hydrogen-bond acceptors (Lipinski definition) is 1. The van der Waals surface area contributed by atoms with Crippen LogP contribution in [-0.4, -0.2) is 5.78 Å². The van der Waals surface area contributed by atoms with E-state index in [0.29, 0.717) is 11.2 Å². The number of ketones is 1. The fourth-order valence-corrected chi connectivity index (χ4v) is 5.80. The summed E-state index contributed by atoms with van der Waals surface area (Å²) in [7, 11) is 0. The molecule has 1 nitrogen and oxygen atoms in total. The van der Waals surface area contributed by atoms with Gasteiger partial charge in [0.05, 0.1) is 0 Å². The van der Waals surface area contributed by atoms with Crippen molar-refractivity contribution in [2.45, 2.75) is 50.9 Å². The number of Topliss-reactive ketones (excluding diaryl/α,β-unsaturated/α-hetero) is 1. The van der Waals surface area contributed by atoms with Gasteiger partial charge in [0.15, 0.2) is 0 Å². The lowest BCUT2D eigenvalue weighted by molar-refractivity contribution is -0.144. The topological polar surface area (TPSA) is 17.1 Å². The van der Waals surface area contributed by atoms with E-state index in [9.17, 15) is 4.79 Å². The van der Waals surface area contributed by atoms with Gasteiger partial charge in [0, 0.05) is 5.41 Å². The van der Waals surface area contributed by atoms with Crippen LogP contribution in [0.4, 0.5) is 0 Å². The van der Waals surface area contributed by atoms with Crippen LogP contribution in [0.2, 0.25) is 0 Å². The van der Waals surface area contributed by atoms with Gasteiger partial charge in [-0.3, -0.25) is 4.79 Å². The third-order valence-electron chi connectivity index (χ3n) is 6.19. The molecule has 1 heteroatoms. The van der Waals surface area contributed by atoms with Gasteiger partial charge in [-0.05, 0) is 68.3 Å². The Morgan fingerprint density at radius 1 is 1.05 bits per heavy atom.